The van der Waals surface area contributed by atoms with Gasteiger partial charge < -0.3 is 0 Å². The van der Waals surface area contributed by atoms with Crippen LogP contribution in [0.3, 0.4) is 0 Å². The minimum atomic E-state index is -3.21. The summed E-state index contributed by atoms with van der Waals surface area (Å²) in [6.45, 7) is 41.0. The first kappa shape index (κ1) is 37.7. The Kier molecular flexibility index (Phi) is 14.3. The molecule has 0 saturated heterocycles. The minimum Gasteiger partial charge on any atom is -0.212 e. The quantitative estimate of drug-likeness (QED) is 0.304. The van der Waals surface area contributed by atoms with Crippen molar-refractivity contribution in [1.29, 1.82) is 0 Å². The number of hydrogen-bond donors (Lipinski definition) is 1. The first-order chi connectivity index (χ1) is 14.3. The number of rotatable bonds is 2. The van der Waals surface area contributed by atoms with Gasteiger partial charge in [0.1, 0.15) is 0 Å². The van der Waals surface area contributed by atoms with Crippen molar-refractivity contribution in [2.45, 2.75) is 135 Å². The Labute approximate surface area is 216 Å². The highest BCUT2D eigenvalue weighted by Crippen LogP contribution is 2.26. The minimum absolute atomic E-state index is 0.196. The monoisotopic (exact) mass is 499 g/mol. The molecule has 0 aliphatic rings. The van der Waals surface area contributed by atoms with Gasteiger partial charge in [0.2, 0.25) is 10.0 Å². The fourth-order valence-corrected chi connectivity index (χ4v) is 2.77. The van der Waals surface area contributed by atoms with Crippen LogP contribution in [0.25, 0.3) is 0 Å². The Morgan fingerprint density at radius 1 is 0.588 bits per heavy atom. The molecule has 0 heterocycles. The molecule has 0 saturated carbocycles. The molecule has 204 valence electrons. The van der Waals surface area contributed by atoms with Crippen LogP contribution in [0, 0.1) is 21.7 Å². The topological polar surface area (TPSA) is 46.2 Å². The zero-order chi connectivity index (χ0) is 28.6. The van der Waals surface area contributed by atoms with Crippen LogP contribution in [0.15, 0.2) is 36.5 Å². The zero-order valence-electron chi connectivity index (χ0n) is 26.2. The zero-order valence-corrected chi connectivity index (χ0v) is 27.1. The lowest BCUT2D eigenvalue weighted by Crippen LogP contribution is -2.48. The van der Waals surface area contributed by atoms with E-state index in [4.69, 9.17) is 0 Å². The molecule has 0 bridgehead atoms. The van der Waals surface area contributed by atoms with Crippen LogP contribution < -0.4 is 4.72 Å². The maximum absolute atomic E-state index is 11.6. The summed E-state index contributed by atoms with van der Waals surface area (Å²) >= 11 is 0. The van der Waals surface area contributed by atoms with Crippen molar-refractivity contribution in [2.24, 2.45) is 21.7 Å². The van der Waals surface area contributed by atoms with Crippen molar-refractivity contribution < 1.29 is 8.42 Å². The molecule has 0 atom stereocenters. The highest BCUT2D eigenvalue weighted by molar-refractivity contribution is 7.90. The molecule has 0 amide bonds. The van der Waals surface area contributed by atoms with Gasteiger partial charge in [-0.1, -0.05) is 120 Å². The summed E-state index contributed by atoms with van der Waals surface area (Å²) in [5.74, 6) is 0. The van der Waals surface area contributed by atoms with Gasteiger partial charge in [0.15, 0.2) is 0 Å². The van der Waals surface area contributed by atoms with Crippen LogP contribution >= 0.6 is 0 Å². The normalized spacial score (nSPS) is 14.4. The number of nitrogens with one attached hydrogen (secondary N) is 1. The van der Waals surface area contributed by atoms with Crippen molar-refractivity contribution in [3.8, 4) is 0 Å². The van der Waals surface area contributed by atoms with Gasteiger partial charge in [-0.15, -0.1) is 0 Å². The second kappa shape index (κ2) is 12.9. The third-order valence-corrected chi connectivity index (χ3v) is 6.57. The van der Waals surface area contributed by atoms with Gasteiger partial charge >= 0.3 is 0 Å². The second-order valence-corrected chi connectivity index (χ2v) is 17.9. The molecule has 4 heteroatoms. The Bertz CT molecular complexity index is 741. The molecule has 0 unspecified atom stereocenters. The SMILES string of the molecule is C=C(/C=C/C(C)(C)C)C(C)(C)C.CC(C)(C)/C=C/C(C)(C)C.CC(C)(C)NS(=O)(=O)C(C)(C)C. The van der Waals surface area contributed by atoms with E-state index < -0.39 is 20.3 Å². The summed E-state index contributed by atoms with van der Waals surface area (Å²) in [6.07, 6.45) is 8.89. The van der Waals surface area contributed by atoms with Gasteiger partial charge in [-0.05, 0) is 63.2 Å². The van der Waals surface area contributed by atoms with Gasteiger partial charge in [-0.3, -0.25) is 0 Å². The standard InChI is InChI=1S/C12H22.C10H20.C8H19NO2S/c1-10(12(5,6)7)8-9-11(2,3)4;1-9(2,3)7-8-10(4,5)6;1-7(2,3)9-12(10,11)8(4,5)6/h8-9H,1H2,2-7H3;7-8H,1-6H3;9H,1-6H3/b9-8+;8-7+;. The molecule has 0 aromatic heterocycles. The summed E-state index contributed by atoms with van der Waals surface area (Å²) in [4.78, 5) is 0. The molecule has 0 aliphatic carbocycles. The van der Waals surface area contributed by atoms with E-state index >= 15 is 0 Å². The number of sulfonamides is 1. The smallest absolute Gasteiger partial charge is 0.212 e. The van der Waals surface area contributed by atoms with E-state index in [9.17, 15) is 8.42 Å². The molecule has 0 aromatic carbocycles. The van der Waals surface area contributed by atoms with Crippen LogP contribution in [0.2, 0.25) is 0 Å². The average molecular weight is 500 g/mol. The van der Waals surface area contributed by atoms with Crippen molar-refractivity contribution in [1.82, 2.24) is 4.72 Å². The lowest BCUT2D eigenvalue weighted by atomic mass is 9.85. The van der Waals surface area contributed by atoms with Crippen molar-refractivity contribution in [3.63, 3.8) is 0 Å². The Hall–Kier alpha value is -0.870. The summed E-state index contributed by atoms with van der Waals surface area (Å²) in [5, 5.41) is 0. The number of allylic oxidation sites excluding steroid dienone is 5. The average Bonchev–Trinajstić information content (AvgIpc) is 2.45. The second-order valence-electron chi connectivity index (χ2n) is 15.5. The van der Waals surface area contributed by atoms with E-state index in [2.05, 4.69) is 119 Å². The van der Waals surface area contributed by atoms with E-state index in [1.807, 2.05) is 20.8 Å². The molecule has 3 nitrogen and oxygen atoms in total. The van der Waals surface area contributed by atoms with E-state index in [0.717, 1.165) is 0 Å². The summed E-state index contributed by atoms with van der Waals surface area (Å²) in [5.41, 5.74) is 1.90. The van der Waals surface area contributed by atoms with Crippen LogP contribution in [-0.4, -0.2) is 18.7 Å². The van der Waals surface area contributed by atoms with Gasteiger partial charge in [0.25, 0.3) is 0 Å². The highest BCUT2D eigenvalue weighted by Gasteiger charge is 2.32. The van der Waals surface area contributed by atoms with E-state index in [0.29, 0.717) is 10.8 Å². The summed E-state index contributed by atoms with van der Waals surface area (Å²) < 4.78 is 25.0. The first-order valence-corrected chi connectivity index (χ1v) is 13.9. The molecule has 34 heavy (non-hydrogen) atoms. The van der Waals surface area contributed by atoms with Crippen molar-refractivity contribution >= 4 is 10.0 Å². The third-order valence-electron chi connectivity index (χ3n) is 4.08. The van der Waals surface area contributed by atoms with Gasteiger partial charge in [0, 0.05) is 5.54 Å². The van der Waals surface area contributed by atoms with Crippen molar-refractivity contribution in [2.75, 3.05) is 0 Å². The molecule has 0 fully saturated rings. The maximum atomic E-state index is 11.6. The van der Waals surface area contributed by atoms with Crippen LogP contribution in [0.5, 0.6) is 0 Å². The Morgan fingerprint density at radius 3 is 1.03 bits per heavy atom. The largest absolute Gasteiger partial charge is 0.217 e. The fourth-order valence-electron chi connectivity index (χ4n) is 1.66. The predicted octanol–water partition coefficient (Wildman–Crippen LogP) is 9.33. The maximum Gasteiger partial charge on any atom is 0.217 e. The van der Waals surface area contributed by atoms with Crippen molar-refractivity contribution in [3.05, 3.63) is 36.5 Å². The lowest BCUT2D eigenvalue weighted by molar-refractivity contribution is 0.473. The molecular formula is C30H61NO2S. The highest BCUT2D eigenvalue weighted by atomic mass is 32.2. The van der Waals surface area contributed by atoms with Crippen LogP contribution in [-0.2, 0) is 10.0 Å². The fraction of sp³-hybridized carbons (Fsp3) is 0.800. The first-order valence-electron chi connectivity index (χ1n) is 12.4. The van der Waals surface area contributed by atoms with E-state index in [1.165, 1.54) is 5.57 Å². The molecule has 0 radical (unpaired) electrons. The Balaban J connectivity index is -0.000000426. The predicted molar refractivity (Wildman–Crippen MR) is 157 cm³/mol. The van der Waals surface area contributed by atoms with Gasteiger partial charge in [0.05, 0.1) is 4.75 Å². The lowest BCUT2D eigenvalue weighted by Gasteiger charge is -2.27. The van der Waals surface area contributed by atoms with E-state index in [-0.39, 0.29) is 10.8 Å². The van der Waals surface area contributed by atoms with E-state index in [1.54, 1.807) is 20.8 Å². The molecule has 1 N–H and O–H groups in total. The Morgan fingerprint density at radius 2 is 0.882 bits per heavy atom. The molecule has 0 aromatic rings. The molecule has 0 spiro atoms. The molecule has 0 rings (SSSR count). The number of hydrogen-bond acceptors (Lipinski definition) is 2. The van der Waals surface area contributed by atoms with Crippen LogP contribution in [0.1, 0.15) is 125 Å². The molecule has 0 aliphatic heterocycles. The van der Waals surface area contributed by atoms with Gasteiger partial charge in [-0.2, -0.15) is 0 Å². The molecular weight excluding hydrogens is 438 g/mol. The van der Waals surface area contributed by atoms with Crippen LogP contribution in [0.4, 0.5) is 0 Å². The summed E-state index contributed by atoms with van der Waals surface area (Å²) in [6, 6.07) is 0. The van der Waals surface area contributed by atoms with Gasteiger partial charge in [-0.25, -0.2) is 13.1 Å². The summed E-state index contributed by atoms with van der Waals surface area (Å²) in [7, 11) is -3.21. The third kappa shape index (κ3) is 25.7.